The molecule has 2 rings (SSSR count). The average molecular weight is 426 g/mol. The molecule has 0 aliphatic heterocycles. The van der Waals surface area contributed by atoms with E-state index in [1.807, 2.05) is 12.1 Å². The molecule has 0 saturated carbocycles. The maximum Gasteiger partial charge on any atom is 0.432 e. The maximum absolute atomic E-state index is 12.5. The molecule has 0 spiro atoms. The number of rotatable bonds is 10. The third-order valence-corrected chi connectivity index (χ3v) is 5.69. The van der Waals surface area contributed by atoms with Crippen molar-refractivity contribution in [3.05, 3.63) is 57.6 Å². The number of nitrogens with one attached hydrogen (secondary N) is 1. The molecule has 1 atom stereocenters. The van der Waals surface area contributed by atoms with Crippen LogP contribution in [-0.4, -0.2) is 22.0 Å². The summed E-state index contributed by atoms with van der Waals surface area (Å²) in [5.74, 6) is 0. The molecule has 158 valence electrons. The van der Waals surface area contributed by atoms with Crippen LogP contribution in [0.25, 0.3) is 5.70 Å². The van der Waals surface area contributed by atoms with Crippen molar-refractivity contribution >= 4 is 22.7 Å². The fourth-order valence-electron chi connectivity index (χ4n) is 2.83. The molecule has 2 aromatic heterocycles. The Morgan fingerprint density at radius 1 is 1.28 bits per heavy atom. The van der Waals surface area contributed by atoms with E-state index in [0.29, 0.717) is 18.1 Å². The largest absolute Gasteiger partial charge is 0.432 e. The van der Waals surface area contributed by atoms with Crippen LogP contribution in [0.3, 0.4) is 0 Å². The Balaban J connectivity index is 2.02. The number of nitrogens with zero attached hydrogens (tertiary/aromatic N) is 1. The van der Waals surface area contributed by atoms with Gasteiger partial charge in [-0.05, 0) is 48.7 Å². The standard InChI is InChI=1S/C21H26F3N3OS/c1-2-3-4-5-6-15-7-8-19(29-15)18(28)12-14-9-10-27-17(11-14)16(25)13-20(26)21(22,23)24/h7-11,13,18,26,28H,2-6,12,25H2,1H3/b16-13-,26-20?. The number of aromatic nitrogens is 1. The zero-order valence-electron chi connectivity index (χ0n) is 16.3. The fraction of sp³-hybridized carbons (Fsp3) is 0.429. The van der Waals surface area contributed by atoms with E-state index in [2.05, 4.69) is 11.9 Å². The number of unbranched alkanes of at least 4 members (excludes halogenated alkanes) is 3. The van der Waals surface area contributed by atoms with E-state index < -0.39 is 18.0 Å². The van der Waals surface area contributed by atoms with Crippen molar-refractivity contribution in [2.75, 3.05) is 0 Å². The van der Waals surface area contributed by atoms with E-state index in [4.69, 9.17) is 11.1 Å². The minimum atomic E-state index is -4.76. The number of thiophene rings is 1. The molecule has 4 N–H and O–H groups in total. The van der Waals surface area contributed by atoms with Gasteiger partial charge in [-0.25, -0.2) is 0 Å². The number of aliphatic hydroxyl groups is 1. The van der Waals surface area contributed by atoms with Crippen LogP contribution < -0.4 is 5.73 Å². The first-order chi connectivity index (χ1) is 13.7. The van der Waals surface area contributed by atoms with Crippen LogP contribution in [0.1, 0.15) is 59.7 Å². The van der Waals surface area contributed by atoms with Gasteiger partial charge in [-0.3, -0.25) is 10.4 Å². The van der Waals surface area contributed by atoms with Crippen molar-refractivity contribution in [1.29, 1.82) is 5.41 Å². The summed E-state index contributed by atoms with van der Waals surface area (Å²) in [6, 6.07) is 7.19. The molecule has 0 radical (unpaired) electrons. The molecule has 0 saturated heterocycles. The molecule has 2 heterocycles. The van der Waals surface area contributed by atoms with Crippen LogP contribution in [0, 0.1) is 5.41 Å². The van der Waals surface area contributed by atoms with Crippen LogP contribution in [0.4, 0.5) is 13.2 Å². The Labute approximate surface area is 172 Å². The van der Waals surface area contributed by atoms with Gasteiger partial charge >= 0.3 is 6.18 Å². The average Bonchev–Trinajstić information content (AvgIpc) is 3.14. The van der Waals surface area contributed by atoms with Gasteiger partial charge < -0.3 is 10.8 Å². The summed E-state index contributed by atoms with van der Waals surface area (Å²) in [4.78, 5) is 6.07. The van der Waals surface area contributed by atoms with Gasteiger partial charge in [-0.1, -0.05) is 26.2 Å². The molecule has 1 unspecified atom stereocenters. The highest BCUT2D eigenvalue weighted by molar-refractivity contribution is 7.12. The van der Waals surface area contributed by atoms with Gasteiger partial charge in [0.1, 0.15) is 5.71 Å². The molecule has 0 aliphatic rings. The zero-order valence-corrected chi connectivity index (χ0v) is 17.1. The van der Waals surface area contributed by atoms with Crippen LogP contribution in [0.5, 0.6) is 0 Å². The Morgan fingerprint density at radius 2 is 2.03 bits per heavy atom. The highest BCUT2D eigenvalue weighted by Gasteiger charge is 2.32. The Hall–Kier alpha value is -2.19. The number of hydrogen-bond acceptors (Lipinski definition) is 5. The van der Waals surface area contributed by atoms with Crippen molar-refractivity contribution in [1.82, 2.24) is 4.98 Å². The Morgan fingerprint density at radius 3 is 2.72 bits per heavy atom. The molecule has 0 fully saturated rings. The van der Waals surface area contributed by atoms with Crippen LogP contribution >= 0.6 is 11.3 Å². The number of allylic oxidation sites excluding steroid dienone is 1. The predicted molar refractivity (Wildman–Crippen MR) is 111 cm³/mol. The molecule has 29 heavy (non-hydrogen) atoms. The summed E-state index contributed by atoms with van der Waals surface area (Å²) in [6.07, 6.45) is 2.58. The minimum absolute atomic E-state index is 0.145. The van der Waals surface area contributed by atoms with E-state index in [-0.39, 0.29) is 11.4 Å². The lowest BCUT2D eigenvalue weighted by Crippen LogP contribution is -2.20. The second-order valence-electron chi connectivity index (χ2n) is 6.90. The molecule has 4 nitrogen and oxygen atoms in total. The van der Waals surface area contributed by atoms with Gasteiger partial charge in [0.05, 0.1) is 17.5 Å². The molecular formula is C21H26F3N3OS. The van der Waals surface area contributed by atoms with Gasteiger partial charge in [-0.15, -0.1) is 11.3 Å². The normalized spacial score (nSPS) is 13.5. The smallest absolute Gasteiger partial charge is 0.397 e. The molecule has 0 bridgehead atoms. The van der Waals surface area contributed by atoms with Gasteiger partial charge in [0.25, 0.3) is 0 Å². The Kier molecular flexibility index (Phi) is 8.40. The number of alkyl halides is 3. The number of aliphatic hydroxyl groups excluding tert-OH is 1. The third-order valence-electron chi connectivity index (χ3n) is 4.44. The van der Waals surface area contributed by atoms with E-state index in [1.54, 1.807) is 17.4 Å². The highest BCUT2D eigenvalue weighted by Crippen LogP contribution is 2.28. The van der Waals surface area contributed by atoms with Crippen molar-refractivity contribution in [3.63, 3.8) is 0 Å². The van der Waals surface area contributed by atoms with Crippen molar-refractivity contribution in [2.45, 2.75) is 57.7 Å². The number of nitrogens with two attached hydrogens (primary N) is 1. The SMILES string of the molecule is CCCCCCc1ccc(C(O)Cc2ccnc(/C(N)=C/C(=N)C(F)(F)F)c2)s1. The summed E-state index contributed by atoms with van der Waals surface area (Å²) in [5, 5.41) is 17.6. The number of halogens is 3. The van der Waals surface area contributed by atoms with Crippen LogP contribution in [-0.2, 0) is 12.8 Å². The number of aryl methyl sites for hydroxylation is 1. The van der Waals surface area contributed by atoms with E-state index in [9.17, 15) is 18.3 Å². The lowest BCUT2D eigenvalue weighted by molar-refractivity contribution is -0.0583. The van der Waals surface area contributed by atoms with Crippen LogP contribution in [0.2, 0.25) is 0 Å². The van der Waals surface area contributed by atoms with Crippen molar-refractivity contribution < 1.29 is 18.3 Å². The molecule has 0 aliphatic carbocycles. The third kappa shape index (κ3) is 7.29. The first-order valence-electron chi connectivity index (χ1n) is 9.55. The first-order valence-corrected chi connectivity index (χ1v) is 10.4. The summed E-state index contributed by atoms with van der Waals surface area (Å²) >= 11 is 1.59. The molecule has 0 amide bonds. The maximum atomic E-state index is 12.5. The molecular weight excluding hydrogens is 399 g/mol. The number of hydrogen-bond donors (Lipinski definition) is 3. The van der Waals surface area contributed by atoms with Crippen LogP contribution in [0.15, 0.2) is 36.5 Å². The second kappa shape index (κ2) is 10.5. The summed E-state index contributed by atoms with van der Waals surface area (Å²) in [6.45, 7) is 2.17. The summed E-state index contributed by atoms with van der Waals surface area (Å²) in [5.41, 5.74) is 4.74. The minimum Gasteiger partial charge on any atom is -0.397 e. The van der Waals surface area contributed by atoms with Crippen molar-refractivity contribution in [3.8, 4) is 0 Å². The topological polar surface area (TPSA) is 83.0 Å². The van der Waals surface area contributed by atoms with Gasteiger partial charge in [0.2, 0.25) is 0 Å². The number of pyridine rings is 1. The van der Waals surface area contributed by atoms with E-state index >= 15 is 0 Å². The Bertz CT molecular complexity index is 846. The van der Waals surface area contributed by atoms with E-state index in [1.165, 1.54) is 36.4 Å². The summed E-state index contributed by atoms with van der Waals surface area (Å²) in [7, 11) is 0. The second-order valence-corrected chi connectivity index (χ2v) is 8.10. The van der Waals surface area contributed by atoms with Gasteiger partial charge in [-0.2, -0.15) is 13.2 Å². The molecule has 8 heteroatoms. The van der Waals surface area contributed by atoms with Gasteiger partial charge in [0.15, 0.2) is 0 Å². The van der Waals surface area contributed by atoms with Crippen molar-refractivity contribution in [2.24, 2.45) is 5.73 Å². The van der Waals surface area contributed by atoms with Gasteiger partial charge in [0, 0.05) is 22.4 Å². The fourth-order valence-corrected chi connectivity index (χ4v) is 3.87. The first kappa shape index (κ1) is 23.1. The lowest BCUT2D eigenvalue weighted by Gasteiger charge is -2.10. The monoisotopic (exact) mass is 425 g/mol. The lowest BCUT2D eigenvalue weighted by atomic mass is 10.1. The summed E-state index contributed by atoms with van der Waals surface area (Å²) < 4.78 is 37.5. The predicted octanol–water partition coefficient (Wildman–Crippen LogP) is 5.42. The van der Waals surface area contributed by atoms with E-state index in [0.717, 1.165) is 17.7 Å². The zero-order chi connectivity index (χ0) is 21.4. The quantitative estimate of drug-likeness (QED) is 0.351. The molecule has 0 aromatic carbocycles. The molecule has 2 aromatic rings. The highest BCUT2D eigenvalue weighted by atomic mass is 32.1.